The summed E-state index contributed by atoms with van der Waals surface area (Å²) < 4.78 is 10.7. The summed E-state index contributed by atoms with van der Waals surface area (Å²) in [5.41, 5.74) is 4.12. The van der Waals surface area contributed by atoms with E-state index in [0.717, 1.165) is 22.6 Å². The summed E-state index contributed by atoms with van der Waals surface area (Å²) in [4.78, 5) is 27.3. The molecule has 0 aromatic heterocycles. The first-order chi connectivity index (χ1) is 16.0. The molecule has 1 heterocycles. The number of para-hydroxylation sites is 1. The van der Waals surface area contributed by atoms with E-state index in [4.69, 9.17) is 9.47 Å². The SMILES string of the molecule is Cc1ccc(CNC(=O)c2ccccc2NC(=O)CN(C)Cc2ccc3c(c2)OCO3)cc1. The van der Waals surface area contributed by atoms with Crippen molar-refractivity contribution in [2.75, 3.05) is 25.7 Å². The van der Waals surface area contributed by atoms with Crippen molar-refractivity contribution < 1.29 is 19.1 Å². The summed E-state index contributed by atoms with van der Waals surface area (Å²) in [5.74, 6) is 1.02. The third-order valence-corrected chi connectivity index (χ3v) is 5.32. The highest BCUT2D eigenvalue weighted by atomic mass is 16.7. The van der Waals surface area contributed by atoms with Gasteiger partial charge in [0.15, 0.2) is 11.5 Å². The number of anilines is 1. The van der Waals surface area contributed by atoms with Crippen LogP contribution < -0.4 is 20.1 Å². The van der Waals surface area contributed by atoms with Gasteiger partial charge in [-0.25, -0.2) is 0 Å². The lowest BCUT2D eigenvalue weighted by molar-refractivity contribution is -0.117. The summed E-state index contributed by atoms with van der Waals surface area (Å²) >= 11 is 0. The molecule has 1 aliphatic rings. The number of fused-ring (bicyclic) bond motifs is 1. The Labute approximate surface area is 193 Å². The summed E-state index contributed by atoms with van der Waals surface area (Å²) in [5, 5.41) is 5.79. The molecule has 2 N–H and O–H groups in total. The Morgan fingerprint density at radius 3 is 2.48 bits per heavy atom. The number of hydrogen-bond acceptors (Lipinski definition) is 5. The maximum absolute atomic E-state index is 12.7. The van der Waals surface area contributed by atoms with E-state index in [1.54, 1.807) is 24.3 Å². The molecule has 170 valence electrons. The Kier molecular flexibility index (Phi) is 6.90. The molecule has 0 aliphatic carbocycles. The molecule has 0 saturated heterocycles. The zero-order valence-electron chi connectivity index (χ0n) is 18.8. The summed E-state index contributed by atoms with van der Waals surface area (Å²) in [6, 6.07) is 20.7. The van der Waals surface area contributed by atoms with Gasteiger partial charge in [0.05, 0.1) is 17.8 Å². The van der Waals surface area contributed by atoms with Crippen LogP contribution in [0.4, 0.5) is 5.69 Å². The van der Waals surface area contributed by atoms with Crippen LogP contribution in [0.5, 0.6) is 11.5 Å². The van der Waals surface area contributed by atoms with Gasteiger partial charge < -0.3 is 20.1 Å². The molecule has 0 radical (unpaired) electrons. The molecule has 0 unspecified atom stereocenters. The highest BCUT2D eigenvalue weighted by Gasteiger charge is 2.16. The number of likely N-dealkylation sites (N-methyl/N-ethyl adjacent to an activating group) is 1. The standard InChI is InChI=1S/C26H27N3O4/c1-18-7-9-19(10-8-18)14-27-26(31)21-5-3-4-6-22(21)28-25(30)16-29(2)15-20-11-12-23-24(13-20)33-17-32-23/h3-13H,14-17H2,1-2H3,(H,27,31)(H,28,30). The first-order valence-corrected chi connectivity index (χ1v) is 10.8. The Morgan fingerprint density at radius 1 is 0.939 bits per heavy atom. The van der Waals surface area contributed by atoms with Crippen molar-refractivity contribution in [1.29, 1.82) is 0 Å². The van der Waals surface area contributed by atoms with E-state index in [2.05, 4.69) is 10.6 Å². The first-order valence-electron chi connectivity index (χ1n) is 10.8. The largest absolute Gasteiger partial charge is 0.454 e. The number of nitrogens with zero attached hydrogens (tertiary/aromatic N) is 1. The molecule has 0 fully saturated rings. The molecule has 1 aliphatic heterocycles. The maximum atomic E-state index is 12.7. The van der Waals surface area contributed by atoms with Gasteiger partial charge in [0.2, 0.25) is 12.7 Å². The van der Waals surface area contributed by atoms with Crippen LogP contribution in [0.1, 0.15) is 27.0 Å². The number of ether oxygens (including phenoxy) is 2. The van der Waals surface area contributed by atoms with E-state index < -0.39 is 0 Å². The molecular formula is C26H27N3O4. The summed E-state index contributed by atoms with van der Waals surface area (Å²) in [6.45, 7) is 3.42. The van der Waals surface area contributed by atoms with Crippen molar-refractivity contribution in [3.63, 3.8) is 0 Å². The highest BCUT2D eigenvalue weighted by Crippen LogP contribution is 2.32. The monoisotopic (exact) mass is 445 g/mol. The molecule has 2 amide bonds. The van der Waals surface area contributed by atoms with Crippen molar-refractivity contribution in [1.82, 2.24) is 10.2 Å². The lowest BCUT2D eigenvalue weighted by Gasteiger charge is -2.17. The molecule has 3 aromatic rings. The Hall–Kier alpha value is -3.84. The predicted octanol–water partition coefficient (Wildman–Crippen LogP) is 3.72. The zero-order valence-corrected chi connectivity index (χ0v) is 18.8. The molecule has 33 heavy (non-hydrogen) atoms. The lowest BCUT2D eigenvalue weighted by Crippen LogP contribution is -2.31. The maximum Gasteiger partial charge on any atom is 0.253 e. The lowest BCUT2D eigenvalue weighted by atomic mass is 10.1. The van der Waals surface area contributed by atoms with Crippen LogP contribution in [-0.4, -0.2) is 37.1 Å². The van der Waals surface area contributed by atoms with Gasteiger partial charge in [0.25, 0.3) is 5.91 Å². The van der Waals surface area contributed by atoms with E-state index in [0.29, 0.717) is 24.3 Å². The topological polar surface area (TPSA) is 79.9 Å². The molecule has 0 bridgehead atoms. The van der Waals surface area contributed by atoms with Gasteiger partial charge in [0.1, 0.15) is 0 Å². The van der Waals surface area contributed by atoms with Gasteiger partial charge in [-0.05, 0) is 49.4 Å². The van der Waals surface area contributed by atoms with Crippen LogP contribution in [-0.2, 0) is 17.9 Å². The van der Waals surface area contributed by atoms with Crippen molar-refractivity contribution in [3.8, 4) is 11.5 Å². The van der Waals surface area contributed by atoms with E-state index >= 15 is 0 Å². The van der Waals surface area contributed by atoms with Crippen molar-refractivity contribution in [3.05, 3.63) is 89.0 Å². The highest BCUT2D eigenvalue weighted by molar-refractivity contribution is 6.04. The van der Waals surface area contributed by atoms with Crippen LogP contribution >= 0.6 is 0 Å². The molecular weight excluding hydrogens is 418 g/mol. The number of amides is 2. The predicted molar refractivity (Wildman–Crippen MR) is 126 cm³/mol. The van der Waals surface area contributed by atoms with Crippen LogP contribution in [0, 0.1) is 6.92 Å². The second-order valence-electron chi connectivity index (χ2n) is 8.12. The van der Waals surface area contributed by atoms with E-state index in [1.165, 1.54) is 5.56 Å². The van der Waals surface area contributed by atoms with Crippen LogP contribution in [0.2, 0.25) is 0 Å². The minimum absolute atomic E-state index is 0.174. The molecule has 7 nitrogen and oxygen atoms in total. The van der Waals surface area contributed by atoms with Crippen molar-refractivity contribution in [2.24, 2.45) is 0 Å². The number of aryl methyl sites for hydroxylation is 1. The number of rotatable bonds is 8. The number of carbonyl (C=O) groups is 2. The number of benzene rings is 3. The van der Waals surface area contributed by atoms with E-state index in [9.17, 15) is 9.59 Å². The zero-order chi connectivity index (χ0) is 23.2. The second kappa shape index (κ2) is 10.2. The third kappa shape index (κ3) is 5.90. The molecule has 0 saturated carbocycles. The van der Waals surface area contributed by atoms with Crippen molar-refractivity contribution in [2.45, 2.75) is 20.0 Å². The molecule has 0 atom stereocenters. The fourth-order valence-corrected chi connectivity index (χ4v) is 3.62. The minimum Gasteiger partial charge on any atom is -0.454 e. The Morgan fingerprint density at radius 2 is 1.67 bits per heavy atom. The molecule has 4 rings (SSSR count). The number of hydrogen-bond donors (Lipinski definition) is 2. The number of nitrogens with one attached hydrogen (secondary N) is 2. The Balaban J connectivity index is 1.33. The van der Waals surface area contributed by atoms with Gasteiger partial charge >= 0.3 is 0 Å². The van der Waals surface area contributed by atoms with E-state index in [1.807, 2.05) is 61.3 Å². The number of carbonyl (C=O) groups excluding carboxylic acids is 2. The smallest absolute Gasteiger partial charge is 0.253 e. The van der Waals surface area contributed by atoms with Gasteiger partial charge in [-0.3, -0.25) is 14.5 Å². The summed E-state index contributed by atoms with van der Waals surface area (Å²) in [7, 11) is 1.87. The fraction of sp³-hybridized carbons (Fsp3) is 0.231. The van der Waals surface area contributed by atoms with Gasteiger partial charge in [0, 0.05) is 13.1 Å². The normalized spacial score (nSPS) is 12.0. The average Bonchev–Trinajstić information content (AvgIpc) is 3.26. The third-order valence-electron chi connectivity index (χ3n) is 5.32. The van der Waals surface area contributed by atoms with Gasteiger partial charge in [-0.2, -0.15) is 0 Å². The molecule has 0 spiro atoms. The minimum atomic E-state index is -0.236. The average molecular weight is 446 g/mol. The van der Waals surface area contributed by atoms with Crippen LogP contribution in [0.15, 0.2) is 66.7 Å². The second-order valence-corrected chi connectivity index (χ2v) is 8.12. The fourth-order valence-electron chi connectivity index (χ4n) is 3.62. The summed E-state index contributed by atoms with van der Waals surface area (Å²) in [6.07, 6.45) is 0. The van der Waals surface area contributed by atoms with Gasteiger partial charge in [-0.1, -0.05) is 48.0 Å². The molecule has 7 heteroatoms. The van der Waals surface area contributed by atoms with Crippen molar-refractivity contribution >= 4 is 17.5 Å². The quantitative estimate of drug-likeness (QED) is 0.552. The Bertz CT molecular complexity index is 1140. The van der Waals surface area contributed by atoms with E-state index in [-0.39, 0.29) is 25.2 Å². The van der Waals surface area contributed by atoms with Crippen LogP contribution in [0.25, 0.3) is 0 Å². The van der Waals surface area contributed by atoms with Crippen LogP contribution in [0.3, 0.4) is 0 Å². The van der Waals surface area contributed by atoms with Gasteiger partial charge in [-0.15, -0.1) is 0 Å². The molecule has 3 aromatic carbocycles. The first kappa shape index (κ1) is 22.4.